The van der Waals surface area contributed by atoms with Crippen molar-refractivity contribution in [1.29, 1.82) is 0 Å². The second-order valence-electron chi connectivity index (χ2n) is 4.50. The standard InChI is InChI=1S/C14H18N2O5/c17-13(18)10-20-9-6-15-14(19)16-7-3-8-21-12-5-2-1-4-11(12)16/h1-2,4-5H,3,6-10H2,(H,15,19)(H,17,18). The van der Waals surface area contributed by atoms with Gasteiger partial charge in [0.25, 0.3) is 0 Å². The number of rotatable bonds is 5. The third-order valence-electron chi connectivity index (χ3n) is 2.93. The van der Waals surface area contributed by atoms with Gasteiger partial charge < -0.3 is 19.9 Å². The summed E-state index contributed by atoms with van der Waals surface area (Å²) in [5.41, 5.74) is 0.735. The van der Waals surface area contributed by atoms with Crippen molar-refractivity contribution in [1.82, 2.24) is 5.32 Å². The van der Waals surface area contributed by atoms with Gasteiger partial charge >= 0.3 is 12.0 Å². The van der Waals surface area contributed by atoms with E-state index in [2.05, 4.69) is 5.32 Å². The first-order valence-electron chi connectivity index (χ1n) is 6.75. The lowest BCUT2D eigenvalue weighted by molar-refractivity contribution is -0.142. The molecule has 21 heavy (non-hydrogen) atoms. The van der Waals surface area contributed by atoms with E-state index in [4.69, 9.17) is 14.6 Å². The average Bonchev–Trinajstić information content (AvgIpc) is 2.68. The molecule has 0 unspecified atom stereocenters. The van der Waals surface area contributed by atoms with Crippen LogP contribution in [0.1, 0.15) is 6.42 Å². The van der Waals surface area contributed by atoms with Crippen LogP contribution in [-0.4, -0.2) is 50.0 Å². The zero-order chi connectivity index (χ0) is 15.1. The molecule has 0 atom stereocenters. The zero-order valence-corrected chi connectivity index (χ0v) is 11.6. The van der Waals surface area contributed by atoms with Gasteiger partial charge in [-0.25, -0.2) is 9.59 Å². The number of amides is 2. The third kappa shape index (κ3) is 4.35. The number of hydrogen-bond donors (Lipinski definition) is 2. The molecule has 114 valence electrons. The number of carboxylic acids is 1. The Balaban J connectivity index is 1.88. The number of carbonyl (C=O) groups excluding carboxylic acids is 1. The average molecular weight is 294 g/mol. The number of fused-ring (bicyclic) bond motifs is 1. The van der Waals surface area contributed by atoms with E-state index >= 15 is 0 Å². The second-order valence-corrected chi connectivity index (χ2v) is 4.50. The molecule has 0 saturated heterocycles. The molecule has 1 heterocycles. The fourth-order valence-corrected chi connectivity index (χ4v) is 2.02. The van der Waals surface area contributed by atoms with E-state index in [-0.39, 0.29) is 25.8 Å². The Kier molecular flexibility index (Phi) is 5.39. The van der Waals surface area contributed by atoms with Crippen molar-refractivity contribution in [3.63, 3.8) is 0 Å². The molecule has 1 aliphatic rings. The first-order valence-corrected chi connectivity index (χ1v) is 6.75. The van der Waals surface area contributed by atoms with Crippen molar-refractivity contribution in [2.45, 2.75) is 6.42 Å². The first kappa shape index (κ1) is 15.1. The van der Waals surface area contributed by atoms with Crippen LogP contribution in [0.15, 0.2) is 24.3 Å². The van der Waals surface area contributed by atoms with Crippen molar-refractivity contribution in [3.05, 3.63) is 24.3 Å². The number of para-hydroxylation sites is 2. The van der Waals surface area contributed by atoms with Crippen LogP contribution in [0.2, 0.25) is 0 Å². The Bertz CT molecular complexity index is 506. The molecule has 0 radical (unpaired) electrons. The minimum Gasteiger partial charge on any atom is -0.491 e. The Morgan fingerprint density at radius 2 is 2.19 bits per heavy atom. The number of benzene rings is 1. The summed E-state index contributed by atoms with van der Waals surface area (Å²) in [6, 6.07) is 7.13. The molecule has 2 rings (SSSR count). The van der Waals surface area contributed by atoms with Gasteiger partial charge in [-0.2, -0.15) is 0 Å². The largest absolute Gasteiger partial charge is 0.491 e. The Hall–Kier alpha value is -2.28. The maximum absolute atomic E-state index is 12.2. The molecule has 0 aliphatic carbocycles. The number of hydrogen-bond acceptors (Lipinski definition) is 4. The smallest absolute Gasteiger partial charge is 0.329 e. The number of carbonyl (C=O) groups is 2. The molecular formula is C14H18N2O5. The van der Waals surface area contributed by atoms with E-state index in [9.17, 15) is 9.59 Å². The molecule has 2 N–H and O–H groups in total. The molecule has 2 amide bonds. The van der Waals surface area contributed by atoms with Gasteiger partial charge in [0, 0.05) is 13.1 Å². The molecule has 0 spiro atoms. The van der Waals surface area contributed by atoms with Crippen molar-refractivity contribution < 1.29 is 24.2 Å². The minimum atomic E-state index is -1.03. The summed E-state index contributed by atoms with van der Waals surface area (Å²) in [6.45, 7) is 1.19. The van der Waals surface area contributed by atoms with Crippen LogP contribution in [0.4, 0.5) is 10.5 Å². The number of anilines is 1. The first-order chi connectivity index (χ1) is 10.2. The molecule has 1 aromatic carbocycles. The maximum atomic E-state index is 12.2. The lowest BCUT2D eigenvalue weighted by Gasteiger charge is -2.22. The van der Waals surface area contributed by atoms with Crippen LogP contribution >= 0.6 is 0 Å². The Morgan fingerprint density at radius 3 is 3.00 bits per heavy atom. The zero-order valence-electron chi connectivity index (χ0n) is 11.6. The highest BCUT2D eigenvalue weighted by Crippen LogP contribution is 2.30. The van der Waals surface area contributed by atoms with Gasteiger partial charge in [0.1, 0.15) is 12.4 Å². The maximum Gasteiger partial charge on any atom is 0.329 e. The highest BCUT2D eigenvalue weighted by Gasteiger charge is 2.21. The molecule has 0 fully saturated rings. The van der Waals surface area contributed by atoms with E-state index in [1.54, 1.807) is 4.90 Å². The predicted molar refractivity (Wildman–Crippen MR) is 75.8 cm³/mol. The van der Waals surface area contributed by atoms with E-state index in [0.717, 1.165) is 12.1 Å². The number of nitrogens with zero attached hydrogens (tertiary/aromatic N) is 1. The number of nitrogens with one attached hydrogen (secondary N) is 1. The molecule has 1 aromatic rings. The highest BCUT2D eigenvalue weighted by atomic mass is 16.5. The van der Waals surface area contributed by atoms with Gasteiger partial charge in [0.05, 0.1) is 18.9 Å². The number of ether oxygens (including phenoxy) is 2. The second kappa shape index (κ2) is 7.49. The van der Waals surface area contributed by atoms with Gasteiger partial charge in [-0.3, -0.25) is 4.90 Å². The summed E-state index contributed by atoms with van der Waals surface area (Å²) in [5, 5.41) is 11.1. The lowest BCUT2D eigenvalue weighted by Crippen LogP contribution is -2.41. The highest BCUT2D eigenvalue weighted by molar-refractivity contribution is 5.93. The van der Waals surface area contributed by atoms with Crippen LogP contribution in [-0.2, 0) is 9.53 Å². The molecule has 0 aromatic heterocycles. The number of aliphatic carboxylic acids is 1. The van der Waals surface area contributed by atoms with Gasteiger partial charge in [-0.05, 0) is 18.6 Å². The summed E-state index contributed by atoms with van der Waals surface area (Å²) >= 11 is 0. The van der Waals surface area contributed by atoms with E-state index < -0.39 is 5.97 Å². The van der Waals surface area contributed by atoms with Crippen LogP contribution in [0.25, 0.3) is 0 Å². The number of urea groups is 1. The third-order valence-corrected chi connectivity index (χ3v) is 2.93. The molecule has 1 aliphatic heterocycles. The van der Waals surface area contributed by atoms with Crippen LogP contribution in [0.5, 0.6) is 5.75 Å². The molecular weight excluding hydrogens is 276 g/mol. The summed E-state index contributed by atoms with van der Waals surface area (Å²) < 4.78 is 10.5. The summed E-state index contributed by atoms with van der Waals surface area (Å²) in [6.07, 6.45) is 0.748. The van der Waals surface area contributed by atoms with E-state index in [0.29, 0.717) is 18.9 Å². The van der Waals surface area contributed by atoms with Crippen molar-refractivity contribution in [3.8, 4) is 5.75 Å². The van der Waals surface area contributed by atoms with Crippen LogP contribution in [0.3, 0.4) is 0 Å². The summed E-state index contributed by atoms with van der Waals surface area (Å²) in [4.78, 5) is 24.1. The fourth-order valence-electron chi connectivity index (χ4n) is 2.02. The van der Waals surface area contributed by atoms with E-state index in [1.165, 1.54) is 0 Å². The normalized spacial score (nSPS) is 13.8. The van der Waals surface area contributed by atoms with E-state index in [1.807, 2.05) is 24.3 Å². The SMILES string of the molecule is O=C(O)COCCNC(=O)N1CCCOc2ccccc21. The molecule has 0 saturated carbocycles. The quantitative estimate of drug-likeness (QED) is 0.794. The molecule has 0 bridgehead atoms. The molecule has 7 nitrogen and oxygen atoms in total. The van der Waals surface area contributed by atoms with Crippen LogP contribution < -0.4 is 15.0 Å². The minimum absolute atomic E-state index is 0.157. The van der Waals surface area contributed by atoms with Crippen molar-refractivity contribution in [2.75, 3.05) is 37.8 Å². The fraction of sp³-hybridized carbons (Fsp3) is 0.429. The van der Waals surface area contributed by atoms with Gasteiger partial charge in [-0.1, -0.05) is 12.1 Å². The van der Waals surface area contributed by atoms with Gasteiger partial charge in [0.15, 0.2) is 0 Å². The summed E-state index contributed by atoms with van der Waals surface area (Å²) in [7, 11) is 0. The van der Waals surface area contributed by atoms with Gasteiger partial charge in [-0.15, -0.1) is 0 Å². The Labute approximate surface area is 122 Å². The number of carboxylic acid groups (broad SMARTS) is 1. The van der Waals surface area contributed by atoms with Crippen molar-refractivity contribution in [2.24, 2.45) is 0 Å². The summed E-state index contributed by atoms with van der Waals surface area (Å²) in [5.74, 6) is -0.341. The monoisotopic (exact) mass is 294 g/mol. The topological polar surface area (TPSA) is 88.1 Å². The van der Waals surface area contributed by atoms with Gasteiger partial charge in [0.2, 0.25) is 0 Å². The lowest BCUT2D eigenvalue weighted by atomic mass is 10.2. The predicted octanol–water partition coefficient (Wildman–Crippen LogP) is 1.09. The van der Waals surface area contributed by atoms with Crippen LogP contribution in [0, 0.1) is 0 Å². The Morgan fingerprint density at radius 1 is 1.38 bits per heavy atom. The van der Waals surface area contributed by atoms with Crippen molar-refractivity contribution >= 4 is 17.7 Å². The molecule has 7 heteroatoms.